The minimum absolute atomic E-state index is 0.0303. The minimum atomic E-state index is -1.24. The third kappa shape index (κ3) is 2.21. The summed E-state index contributed by atoms with van der Waals surface area (Å²) in [6, 6.07) is 2.60. The second kappa shape index (κ2) is 4.39. The standard InChI is InChI=1S/C9H8N2O4/c10-4-5-3-6(9(14)15)7(1-2-12)11-8(5)13/h3,12H,1-2H2,(H,11,13)(H,14,15). The molecule has 0 atom stereocenters. The number of hydrogen-bond donors (Lipinski definition) is 3. The average molecular weight is 208 g/mol. The van der Waals surface area contributed by atoms with Crippen LogP contribution in [0, 0.1) is 11.3 Å². The molecule has 1 heterocycles. The molecule has 0 spiro atoms. The maximum Gasteiger partial charge on any atom is 0.337 e. The smallest absolute Gasteiger partial charge is 0.337 e. The SMILES string of the molecule is N#Cc1cc(C(=O)O)c(CCO)[nH]c1=O. The van der Waals surface area contributed by atoms with Crippen LogP contribution in [0.25, 0.3) is 0 Å². The summed E-state index contributed by atoms with van der Waals surface area (Å²) in [5, 5.41) is 26.0. The molecule has 0 saturated carbocycles. The lowest BCUT2D eigenvalue weighted by Gasteiger charge is -2.03. The van der Waals surface area contributed by atoms with Gasteiger partial charge in [-0.1, -0.05) is 0 Å². The molecule has 0 aliphatic carbocycles. The van der Waals surface area contributed by atoms with Crippen molar-refractivity contribution in [1.29, 1.82) is 5.26 Å². The van der Waals surface area contributed by atoms with E-state index in [0.29, 0.717) is 0 Å². The van der Waals surface area contributed by atoms with E-state index in [9.17, 15) is 9.59 Å². The van der Waals surface area contributed by atoms with Crippen LogP contribution in [0.15, 0.2) is 10.9 Å². The monoisotopic (exact) mass is 208 g/mol. The molecule has 0 saturated heterocycles. The second-order valence-electron chi connectivity index (χ2n) is 2.79. The molecule has 0 aromatic carbocycles. The first kappa shape index (κ1) is 10.9. The fourth-order valence-corrected chi connectivity index (χ4v) is 1.15. The Balaban J connectivity index is 3.40. The molecule has 0 bridgehead atoms. The maximum atomic E-state index is 11.2. The molecule has 1 aromatic heterocycles. The molecular weight excluding hydrogens is 200 g/mol. The van der Waals surface area contributed by atoms with E-state index in [1.807, 2.05) is 0 Å². The Hall–Kier alpha value is -2.13. The van der Waals surface area contributed by atoms with Gasteiger partial charge in [-0.3, -0.25) is 4.79 Å². The molecule has 1 rings (SSSR count). The number of aliphatic hydroxyl groups is 1. The fourth-order valence-electron chi connectivity index (χ4n) is 1.15. The Bertz CT molecular complexity index is 484. The minimum Gasteiger partial charge on any atom is -0.478 e. The van der Waals surface area contributed by atoms with Crippen molar-refractivity contribution in [2.75, 3.05) is 6.61 Å². The van der Waals surface area contributed by atoms with Crippen molar-refractivity contribution >= 4 is 5.97 Å². The summed E-state index contributed by atoms with van der Waals surface area (Å²) in [6.45, 7) is -0.276. The van der Waals surface area contributed by atoms with E-state index in [0.717, 1.165) is 6.07 Å². The van der Waals surface area contributed by atoms with E-state index in [1.54, 1.807) is 6.07 Å². The fraction of sp³-hybridized carbons (Fsp3) is 0.222. The second-order valence-corrected chi connectivity index (χ2v) is 2.79. The molecule has 6 nitrogen and oxygen atoms in total. The average Bonchev–Trinajstić information content (AvgIpc) is 2.18. The van der Waals surface area contributed by atoms with Gasteiger partial charge in [0.15, 0.2) is 0 Å². The Morgan fingerprint density at radius 3 is 2.73 bits per heavy atom. The van der Waals surface area contributed by atoms with Gasteiger partial charge in [0.2, 0.25) is 0 Å². The predicted molar refractivity (Wildman–Crippen MR) is 49.5 cm³/mol. The van der Waals surface area contributed by atoms with Gasteiger partial charge >= 0.3 is 5.97 Å². The predicted octanol–water partition coefficient (Wildman–Crippen LogP) is -0.520. The number of H-pyrrole nitrogens is 1. The van der Waals surface area contributed by atoms with Gasteiger partial charge in [0.1, 0.15) is 11.6 Å². The first-order valence-electron chi connectivity index (χ1n) is 4.10. The normalized spacial score (nSPS) is 9.60. The highest BCUT2D eigenvalue weighted by molar-refractivity contribution is 5.89. The van der Waals surface area contributed by atoms with Gasteiger partial charge in [-0.15, -0.1) is 0 Å². The van der Waals surface area contributed by atoms with Crippen molar-refractivity contribution in [2.24, 2.45) is 0 Å². The molecular formula is C9H8N2O4. The van der Waals surface area contributed by atoms with Crippen molar-refractivity contribution in [3.05, 3.63) is 33.2 Å². The number of carboxylic acids is 1. The zero-order valence-corrected chi connectivity index (χ0v) is 7.65. The van der Waals surface area contributed by atoms with Crippen molar-refractivity contribution in [1.82, 2.24) is 4.98 Å². The summed E-state index contributed by atoms with van der Waals surface area (Å²) in [6.07, 6.45) is 0.0303. The number of carboxylic acid groups (broad SMARTS) is 1. The highest BCUT2D eigenvalue weighted by atomic mass is 16.4. The largest absolute Gasteiger partial charge is 0.478 e. The van der Waals surface area contributed by atoms with E-state index >= 15 is 0 Å². The number of nitriles is 1. The van der Waals surface area contributed by atoms with E-state index in [1.165, 1.54) is 0 Å². The highest BCUT2D eigenvalue weighted by Crippen LogP contribution is 2.06. The van der Waals surface area contributed by atoms with Crippen LogP contribution in [0.1, 0.15) is 21.6 Å². The van der Waals surface area contributed by atoms with E-state index < -0.39 is 11.5 Å². The van der Waals surface area contributed by atoms with Crippen LogP contribution in [0.3, 0.4) is 0 Å². The van der Waals surface area contributed by atoms with Crippen LogP contribution < -0.4 is 5.56 Å². The van der Waals surface area contributed by atoms with Crippen LogP contribution >= 0.6 is 0 Å². The van der Waals surface area contributed by atoms with Crippen LogP contribution in [0.2, 0.25) is 0 Å². The van der Waals surface area contributed by atoms with Crippen molar-refractivity contribution in [3.63, 3.8) is 0 Å². The van der Waals surface area contributed by atoms with Crippen molar-refractivity contribution in [3.8, 4) is 6.07 Å². The molecule has 0 aliphatic heterocycles. The first-order valence-corrected chi connectivity index (χ1v) is 4.10. The zero-order valence-electron chi connectivity index (χ0n) is 7.65. The van der Waals surface area contributed by atoms with Crippen molar-refractivity contribution in [2.45, 2.75) is 6.42 Å². The van der Waals surface area contributed by atoms with Crippen molar-refractivity contribution < 1.29 is 15.0 Å². The molecule has 15 heavy (non-hydrogen) atoms. The molecule has 0 unspecified atom stereocenters. The molecule has 0 amide bonds. The van der Waals surface area contributed by atoms with Gasteiger partial charge in [-0.25, -0.2) is 4.79 Å². The van der Waals surface area contributed by atoms with Crippen LogP contribution in [-0.4, -0.2) is 27.8 Å². The van der Waals surface area contributed by atoms with Gasteiger partial charge in [0, 0.05) is 18.7 Å². The van der Waals surface area contributed by atoms with Crippen LogP contribution in [0.4, 0.5) is 0 Å². The molecule has 0 aliphatic rings. The molecule has 0 fully saturated rings. The van der Waals surface area contributed by atoms with Gasteiger partial charge < -0.3 is 15.2 Å². The molecule has 1 aromatic rings. The molecule has 3 N–H and O–H groups in total. The number of aromatic amines is 1. The lowest BCUT2D eigenvalue weighted by Crippen LogP contribution is -2.18. The maximum absolute atomic E-state index is 11.2. The third-order valence-electron chi connectivity index (χ3n) is 1.84. The Morgan fingerprint density at radius 1 is 1.60 bits per heavy atom. The molecule has 6 heteroatoms. The number of carbonyl (C=O) groups is 1. The van der Waals surface area contributed by atoms with Crippen LogP contribution in [0.5, 0.6) is 0 Å². The number of nitrogens with one attached hydrogen (secondary N) is 1. The van der Waals surface area contributed by atoms with Gasteiger partial charge in [0.25, 0.3) is 5.56 Å². The Labute approximate surface area is 84.4 Å². The summed E-state index contributed by atoms with van der Waals surface area (Å²) >= 11 is 0. The molecule has 78 valence electrons. The summed E-state index contributed by atoms with van der Waals surface area (Å²) in [7, 11) is 0. The van der Waals surface area contributed by atoms with E-state index in [-0.39, 0.29) is 29.8 Å². The topological polar surface area (TPSA) is 114 Å². The number of nitrogens with zero attached hydrogens (tertiary/aromatic N) is 1. The number of hydrogen-bond acceptors (Lipinski definition) is 4. The van der Waals surface area contributed by atoms with E-state index in [4.69, 9.17) is 15.5 Å². The third-order valence-corrected chi connectivity index (χ3v) is 1.84. The van der Waals surface area contributed by atoms with Gasteiger partial charge in [-0.05, 0) is 6.07 Å². The number of aromatic nitrogens is 1. The quantitative estimate of drug-likeness (QED) is 0.618. The summed E-state index contributed by atoms with van der Waals surface area (Å²) < 4.78 is 0. The lowest BCUT2D eigenvalue weighted by molar-refractivity contribution is 0.0695. The summed E-state index contributed by atoms with van der Waals surface area (Å²) in [4.78, 5) is 24.2. The van der Waals surface area contributed by atoms with Crippen LogP contribution in [-0.2, 0) is 6.42 Å². The van der Waals surface area contributed by atoms with Gasteiger partial charge in [0.05, 0.1) is 5.56 Å². The lowest BCUT2D eigenvalue weighted by atomic mass is 10.1. The van der Waals surface area contributed by atoms with Gasteiger partial charge in [-0.2, -0.15) is 5.26 Å². The summed E-state index contributed by atoms with van der Waals surface area (Å²) in [5.74, 6) is -1.24. The van der Waals surface area contributed by atoms with E-state index in [2.05, 4.69) is 4.98 Å². The summed E-state index contributed by atoms with van der Waals surface area (Å²) in [5.41, 5.74) is -0.950. The first-order chi connectivity index (χ1) is 7.10. The number of aromatic carboxylic acids is 1. The number of aliphatic hydroxyl groups excluding tert-OH is 1. The number of pyridine rings is 1. The highest BCUT2D eigenvalue weighted by Gasteiger charge is 2.13. The Morgan fingerprint density at radius 2 is 2.27 bits per heavy atom. The Kier molecular flexibility index (Phi) is 3.21. The molecule has 0 radical (unpaired) electrons. The number of rotatable bonds is 3. The zero-order chi connectivity index (χ0) is 11.4.